The lowest BCUT2D eigenvalue weighted by molar-refractivity contribution is -0.139. The van der Waals surface area contributed by atoms with Crippen molar-refractivity contribution in [2.45, 2.75) is 38.6 Å². The Morgan fingerprint density at radius 2 is 1.95 bits per heavy atom. The van der Waals surface area contributed by atoms with Crippen LogP contribution in [0.2, 0.25) is 0 Å². The Morgan fingerprint density at radius 3 is 2.64 bits per heavy atom. The summed E-state index contributed by atoms with van der Waals surface area (Å²) in [7, 11) is 0. The maximum Gasteiger partial charge on any atom is 0.228 e. The number of nitrogens with zero attached hydrogens (tertiary/aromatic N) is 2. The highest BCUT2D eigenvalue weighted by Crippen LogP contribution is 2.28. The van der Waals surface area contributed by atoms with Crippen LogP contribution < -0.4 is 4.90 Å². The molecule has 2 saturated heterocycles. The lowest BCUT2D eigenvalue weighted by atomic mass is 9.99. The topological polar surface area (TPSA) is 40.6 Å². The molecule has 2 heterocycles. The van der Waals surface area contributed by atoms with Gasteiger partial charge in [0.25, 0.3) is 0 Å². The first-order valence-electron chi connectivity index (χ1n) is 7.92. The van der Waals surface area contributed by atoms with Gasteiger partial charge in [-0.15, -0.1) is 0 Å². The van der Waals surface area contributed by atoms with Gasteiger partial charge in [-0.25, -0.2) is 4.39 Å². The van der Waals surface area contributed by atoms with Crippen LogP contribution in [0.4, 0.5) is 10.1 Å². The summed E-state index contributed by atoms with van der Waals surface area (Å²) in [5.41, 5.74) is 0.661. The number of carbonyl (C=O) groups excluding carboxylic acids is 2. The summed E-state index contributed by atoms with van der Waals surface area (Å²) < 4.78 is 13.0. The summed E-state index contributed by atoms with van der Waals surface area (Å²) in [6.45, 7) is 3.26. The van der Waals surface area contributed by atoms with E-state index in [2.05, 4.69) is 6.92 Å². The quantitative estimate of drug-likeness (QED) is 0.842. The molecule has 0 aliphatic carbocycles. The molecule has 3 rings (SSSR count). The van der Waals surface area contributed by atoms with Gasteiger partial charge in [0.1, 0.15) is 5.82 Å². The fourth-order valence-electron chi connectivity index (χ4n) is 3.40. The number of carbonyl (C=O) groups is 2. The zero-order valence-corrected chi connectivity index (χ0v) is 12.8. The van der Waals surface area contributed by atoms with E-state index < -0.39 is 0 Å². The van der Waals surface area contributed by atoms with Crippen molar-refractivity contribution < 1.29 is 14.0 Å². The van der Waals surface area contributed by atoms with Crippen LogP contribution in [0.3, 0.4) is 0 Å². The average Bonchev–Trinajstić information content (AvgIpc) is 2.90. The molecule has 1 aromatic carbocycles. The Labute approximate surface area is 129 Å². The molecule has 2 aliphatic rings. The van der Waals surface area contributed by atoms with Gasteiger partial charge in [-0.1, -0.05) is 0 Å². The highest BCUT2D eigenvalue weighted by molar-refractivity contribution is 6.00. The summed E-state index contributed by atoms with van der Waals surface area (Å²) >= 11 is 0. The molecule has 2 amide bonds. The van der Waals surface area contributed by atoms with Crippen LogP contribution in [0.15, 0.2) is 24.3 Å². The van der Waals surface area contributed by atoms with Crippen molar-refractivity contribution in [1.29, 1.82) is 0 Å². The third-order valence-corrected chi connectivity index (χ3v) is 4.70. The van der Waals surface area contributed by atoms with Gasteiger partial charge in [0, 0.05) is 31.2 Å². The van der Waals surface area contributed by atoms with Crippen molar-refractivity contribution in [1.82, 2.24) is 4.90 Å². The molecule has 0 spiro atoms. The van der Waals surface area contributed by atoms with Crippen molar-refractivity contribution in [2.75, 3.05) is 18.0 Å². The van der Waals surface area contributed by atoms with Crippen LogP contribution >= 0.6 is 0 Å². The third kappa shape index (κ3) is 2.85. The van der Waals surface area contributed by atoms with Crippen molar-refractivity contribution in [3.05, 3.63) is 30.1 Å². The molecule has 0 aromatic heterocycles. The lowest BCUT2D eigenvalue weighted by Crippen LogP contribution is -2.45. The summed E-state index contributed by atoms with van der Waals surface area (Å²) in [5.74, 6) is -0.581. The first-order valence-corrected chi connectivity index (χ1v) is 7.92. The molecular weight excluding hydrogens is 283 g/mol. The van der Waals surface area contributed by atoms with Crippen LogP contribution in [-0.4, -0.2) is 35.8 Å². The van der Waals surface area contributed by atoms with Gasteiger partial charge in [-0.3, -0.25) is 9.59 Å². The fourth-order valence-corrected chi connectivity index (χ4v) is 3.40. The van der Waals surface area contributed by atoms with Crippen LogP contribution in [0.1, 0.15) is 32.6 Å². The van der Waals surface area contributed by atoms with E-state index in [0.717, 1.165) is 25.8 Å². The van der Waals surface area contributed by atoms with Gasteiger partial charge in [0.2, 0.25) is 11.8 Å². The number of rotatable bonds is 2. The maximum absolute atomic E-state index is 13.0. The van der Waals surface area contributed by atoms with Gasteiger partial charge in [0.05, 0.1) is 5.92 Å². The zero-order chi connectivity index (χ0) is 15.7. The van der Waals surface area contributed by atoms with Crippen molar-refractivity contribution in [2.24, 2.45) is 5.92 Å². The summed E-state index contributed by atoms with van der Waals surface area (Å²) in [5, 5.41) is 0. The minimum Gasteiger partial charge on any atom is -0.340 e. The number of piperidine rings is 1. The van der Waals surface area contributed by atoms with Crippen LogP contribution in [0, 0.1) is 11.7 Å². The number of likely N-dealkylation sites (tertiary alicyclic amines) is 1. The highest BCUT2D eigenvalue weighted by Gasteiger charge is 2.38. The lowest BCUT2D eigenvalue weighted by Gasteiger charge is -2.35. The Hall–Kier alpha value is -1.91. The van der Waals surface area contributed by atoms with Gasteiger partial charge < -0.3 is 9.80 Å². The molecule has 2 fully saturated rings. The molecule has 0 bridgehead atoms. The second-order valence-corrected chi connectivity index (χ2v) is 6.26. The molecule has 0 unspecified atom stereocenters. The Kier molecular flexibility index (Phi) is 4.14. The summed E-state index contributed by atoms with van der Waals surface area (Å²) in [6, 6.07) is 6.11. The van der Waals surface area contributed by atoms with Crippen LogP contribution in [0.25, 0.3) is 0 Å². The van der Waals surface area contributed by atoms with Gasteiger partial charge in [0.15, 0.2) is 0 Å². The molecule has 118 valence electrons. The van der Waals surface area contributed by atoms with Crippen LogP contribution in [-0.2, 0) is 9.59 Å². The largest absolute Gasteiger partial charge is 0.340 e. The van der Waals surface area contributed by atoms with E-state index in [1.807, 2.05) is 4.90 Å². The maximum atomic E-state index is 13.0. The summed E-state index contributed by atoms with van der Waals surface area (Å²) in [6.07, 6.45) is 3.49. The van der Waals surface area contributed by atoms with E-state index in [1.165, 1.54) is 12.1 Å². The second-order valence-electron chi connectivity index (χ2n) is 6.26. The van der Waals surface area contributed by atoms with Gasteiger partial charge in [-0.2, -0.15) is 0 Å². The molecule has 5 heteroatoms. The molecule has 0 N–H and O–H groups in total. The SMILES string of the molecule is C[C@H]1CCCCN1C(=O)[C@@H]1CC(=O)N(c2ccc(F)cc2)C1. The Morgan fingerprint density at radius 1 is 1.23 bits per heavy atom. The monoisotopic (exact) mass is 304 g/mol. The smallest absolute Gasteiger partial charge is 0.228 e. The number of hydrogen-bond acceptors (Lipinski definition) is 2. The fraction of sp³-hybridized carbons (Fsp3) is 0.529. The van der Waals surface area contributed by atoms with Crippen molar-refractivity contribution >= 4 is 17.5 Å². The molecule has 22 heavy (non-hydrogen) atoms. The third-order valence-electron chi connectivity index (χ3n) is 4.70. The van der Waals surface area contributed by atoms with Crippen molar-refractivity contribution in [3.63, 3.8) is 0 Å². The van der Waals surface area contributed by atoms with E-state index >= 15 is 0 Å². The van der Waals surface area contributed by atoms with Gasteiger partial charge in [-0.05, 0) is 50.5 Å². The molecule has 0 radical (unpaired) electrons. The minimum atomic E-state index is -0.329. The first-order chi connectivity index (χ1) is 10.6. The second kappa shape index (κ2) is 6.07. The Balaban J connectivity index is 1.71. The summed E-state index contributed by atoms with van der Waals surface area (Å²) in [4.78, 5) is 28.4. The van der Waals surface area contributed by atoms with E-state index in [1.54, 1.807) is 17.0 Å². The molecule has 0 saturated carbocycles. The number of benzene rings is 1. The predicted octanol–water partition coefficient (Wildman–Crippen LogP) is 2.58. The molecule has 4 nitrogen and oxygen atoms in total. The first kappa shape index (κ1) is 15.0. The zero-order valence-electron chi connectivity index (χ0n) is 12.8. The minimum absolute atomic E-state index is 0.0605. The number of amides is 2. The highest BCUT2D eigenvalue weighted by atomic mass is 19.1. The van der Waals surface area contributed by atoms with Gasteiger partial charge >= 0.3 is 0 Å². The van der Waals surface area contributed by atoms with E-state index in [9.17, 15) is 14.0 Å². The molecule has 2 atom stereocenters. The average molecular weight is 304 g/mol. The van der Waals surface area contributed by atoms with E-state index in [4.69, 9.17) is 0 Å². The normalized spacial score (nSPS) is 25.6. The number of anilines is 1. The Bertz CT molecular complexity index is 573. The van der Waals surface area contributed by atoms with E-state index in [-0.39, 0.29) is 36.0 Å². The van der Waals surface area contributed by atoms with Crippen LogP contribution in [0.5, 0.6) is 0 Å². The van der Waals surface area contributed by atoms with E-state index in [0.29, 0.717) is 12.2 Å². The molecule has 2 aliphatic heterocycles. The molecule has 1 aromatic rings. The van der Waals surface area contributed by atoms with Crippen molar-refractivity contribution in [3.8, 4) is 0 Å². The standard InChI is InChI=1S/C17H21FN2O2/c1-12-4-2-3-9-19(12)17(22)13-10-16(21)20(11-13)15-7-5-14(18)6-8-15/h5-8,12-13H,2-4,9-11H2,1H3/t12-,13+/m0/s1. The number of halogens is 1. The molecular formula is C17H21FN2O2. The predicted molar refractivity (Wildman–Crippen MR) is 81.9 cm³/mol. The number of hydrogen-bond donors (Lipinski definition) is 0.